The maximum Gasteiger partial charge on any atom is 0.330 e. The summed E-state index contributed by atoms with van der Waals surface area (Å²) in [6.45, 7) is 2.16. The number of nitrogens with zero attached hydrogens (tertiary/aromatic N) is 3. The number of rotatable bonds is 8. The molecule has 1 N–H and O–H groups in total. The van der Waals surface area contributed by atoms with E-state index in [0.717, 1.165) is 32.1 Å². The van der Waals surface area contributed by atoms with Gasteiger partial charge in [0.15, 0.2) is 0 Å². The summed E-state index contributed by atoms with van der Waals surface area (Å²) in [5.41, 5.74) is 8.42. The third-order valence-corrected chi connectivity index (χ3v) is 2.06. The van der Waals surface area contributed by atoms with E-state index in [9.17, 15) is 4.79 Å². The van der Waals surface area contributed by atoms with E-state index in [1.165, 1.54) is 0 Å². The van der Waals surface area contributed by atoms with Gasteiger partial charge < -0.3 is 5.11 Å². The standard InChI is InChI=1S/C10H17N3O2/c1-9(10(14)15)7-5-3-2-4-6-8-12-13-11/h7H,2-6,8H2,1H3,(H,14,15). The molecule has 0 aliphatic heterocycles. The Morgan fingerprint density at radius 3 is 2.67 bits per heavy atom. The minimum absolute atomic E-state index is 0.407. The molecule has 0 saturated carbocycles. The molecule has 15 heavy (non-hydrogen) atoms. The highest BCUT2D eigenvalue weighted by atomic mass is 16.4. The van der Waals surface area contributed by atoms with Crippen LogP contribution in [0.25, 0.3) is 10.4 Å². The second-order valence-corrected chi connectivity index (χ2v) is 3.35. The normalized spacial score (nSPS) is 10.9. The van der Waals surface area contributed by atoms with Crippen LogP contribution in [0.5, 0.6) is 0 Å². The summed E-state index contributed by atoms with van der Waals surface area (Å²) < 4.78 is 0. The fraction of sp³-hybridized carbons (Fsp3) is 0.700. The van der Waals surface area contributed by atoms with Crippen LogP contribution < -0.4 is 0 Å². The van der Waals surface area contributed by atoms with Crippen molar-refractivity contribution in [3.8, 4) is 0 Å². The number of aliphatic carboxylic acids is 1. The zero-order valence-electron chi connectivity index (χ0n) is 9.02. The first-order valence-corrected chi connectivity index (χ1v) is 5.09. The average Bonchev–Trinajstić information content (AvgIpc) is 2.21. The third kappa shape index (κ3) is 8.84. The molecule has 0 aromatic heterocycles. The first kappa shape index (κ1) is 13.5. The molecule has 0 atom stereocenters. The van der Waals surface area contributed by atoms with Gasteiger partial charge in [-0.25, -0.2) is 4.79 Å². The van der Waals surface area contributed by atoms with E-state index >= 15 is 0 Å². The van der Waals surface area contributed by atoms with Crippen LogP contribution in [0.15, 0.2) is 16.8 Å². The van der Waals surface area contributed by atoms with Crippen LogP contribution in [0.2, 0.25) is 0 Å². The molecule has 0 amide bonds. The van der Waals surface area contributed by atoms with Gasteiger partial charge in [-0.15, -0.1) is 0 Å². The molecule has 0 aliphatic carbocycles. The molecule has 0 bridgehead atoms. The first-order valence-electron chi connectivity index (χ1n) is 5.09. The van der Waals surface area contributed by atoms with Crippen molar-refractivity contribution in [1.29, 1.82) is 0 Å². The molecule has 0 unspecified atom stereocenters. The summed E-state index contributed by atoms with van der Waals surface area (Å²) >= 11 is 0. The number of allylic oxidation sites excluding steroid dienone is 1. The molecule has 5 heteroatoms. The van der Waals surface area contributed by atoms with Gasteiger partial charge in [-0.05, 0) is 31.7 Å². The second-order valence-electron chi connectivity index (χ2n) is 3.35. The van der Waals surface area contributed by atoms with Crippen molar-refractivity contribution in [2.24, 2.45) is 5.11 Å². The minimum Gasteiger partial charge on any atom is -0.478 e. The van der Waals surface area contributed by atoms with E-state index in [1.54, 1.807) is 13.0 Å². The quantitative estimate of drug-likeness (QED) is 0.219. The third-order valence-electron chi connectivity index (χ3n) is 2.06. The van der Waals surface area contributed by atoms with Crippen LogP contribution in [0.4, 0.5) is 0 Å². The Kier molecular flexibility index (Phi) is 8.19. The van der Waals surface area contributed by atoms with E-state index < -0.39 is 5.97 Å². The van der Waals surface area contributed by atoms with Gasteiger partial charge in [-0.2, -0.15) is 0 Å². The van der Waals surface area contributed by atoms with E-state index in [2.05, 4.69) is 10.0 Å². The Hall–Kier alpha value is -1.48. The number of azide groups is 1. The van der Waals surface area contributed by atoms with Gasteiger partial charge in [-0.1, -0.05) is 24.0 Å². The van der Waals surface area contributed by atoms with Crippen molar-refractivity contribution < 1.29 is 9.90 Å². The fourth-order valence-corrected chi connectivity index (χ4v) is 1.13. The van der Waals surface area contributed by atoms with Crippen LogP contribution in [-0.4, -0.2) is 17.6 Å². The summed E-state index contributed by atoms with van der Waals surface area (Å²) in [5, 5.41) is 12.0. The number of carboxylic acids is 1. The second kappa shape index (κ2) is 9.09. The fourth-order valence-electron chi connectivity index (χ4n) is 1.13. The number of hydrogen-bond donors (Lipinski definition) is 1. The molecule has 0 rings (SSSR count). The molecule has 0 aromatic carbocycles. The number of hydrogen-bond acceptors (Lipinski definition) is 2. The molecular weight excluding hydrogens is 194 g/mol. The number of carboxylic acid groups (broad SMARTS) is 1. The van der Waals surface area contributed by atoms with Gasteiger partial charge in [0.1, 0.15) is 0 Å². The van der Waals surface area contributed by atoms with Gasteiger partial charge in [-0.3, -0.25) is 0 Å². The average molecular weight is 211 g/mol. The zero-order chi connectivity index (χ0) is 11.5. The molecule has 5 nitrogen and oxygen atoms in total. The van der Waals surface area contributed by atoms with Crippen LogP contribution in [-0.2, 0) is 4.79 Å². The molecule has 84 valence electrons. The number of unbranched alkanes of at least 4 members (excludes halogenated alkanes) is 4. The van der Waals surface area contributed by atoms with Crippen molar-refractivity contribution in [1.82, 2.24) is 0 Å². The Bertz CT molecular complexity index is 268. The van der Waals surface area contributed by atoms with Crippen LogP contribution in [0.1, 0.15) is 39.0 Å². The minimum atomic E-state index is -0.849. The van der Waals surface area contributed by atoms with E-state index in [1.807, 2.05) is 0 Å². The van der Waals surface area contributed by atoms with Crippen LogP contribution in [0, 0.1) is 0 Å². The number of carbonyl (C=O) groups is 1. The molecule has 0 fully saturated rings. The molecule has 0 saturated heterocycles. The van der Waals surface area contributed by atoms with Crippen molar-refractivity contribution in [3.63, 3.8) is 0 Å². The lowest BCUT2D eigenvalue weighted by Gasteiger charge is -1.97. The van der Waals surface area contributed by atoms with Gasteiger partial charge in [0.05, 0.1) is 0 Å². The highest BCUT2D eigenvalue weighted by Gasteiger charge is 1.97. The SMILES string of the molecule is CC(=CCCCCCCN=[N+]=[N-])C(=O)O. The highest BCUT2D eigenvalue weighted by molar-refractivity contribution is 5.85. The summed E-state index contributed by atoms with van der Waals surface area (Å²) in [6, 6.07) is 0. The van der Waals surface area contributed by atoms with Crippen LogP contribution in [0.3, 0.4) is 0 Å². The predicted molar refractivity (Wildman–Crippen MR) is 58.5 cm³/mol. The highest BCUT2D eigenvalue weighted by Crippen LogP contribution is 2.05. The lowest BCUT2D eigenvalue weighted by molar-refractivity contribution is -0.132. The van der Waals surface area contributed by atoms with Crippen molar-refractivity contribution in [2.45, 2.75) is 39.0 Å². The lowest BCUT2D eigenvalue weighted by atomic mass is 10.1. The van der Waals surface area contributed by atoms with Gasteiger partial charge in [0.2, 0.25) is 0 Å². The Morgan fingerprint density at radius 2 is 2.07 bits per heavy atom. The smallest absolute Gasteiger partial charge is 0.330 e. The molecule has 0 radical (unpaired) electrons. The van der Waals surface area contributed by atoms with E-state index in [4.69, 9.17) is 10.6 Å². The van der Waals surface area contributed by atoms with Crippen LogP contribution >= 0.6 is 0 Å². The van der Waals surface area contributed by atoms with Gasteiger partial charge in [0.25, 0.3) is 0 Å². The molecular formula is C10H17N3O2. The summed E-state index contributed by atoms with van der Waals surface area (Å²) in [4.78, 5) is 13.1. The van der Waals surface area contributed by atoms with Gasteiger partial charge in [0, 0.05) is 17.0 Å². The van der Waals surface area contributed by atoms with Crippen molar-refractivity contribution in [2.75, 3.05) is 6.54 Å². The largest absolute Gasteiger partial charge is 0.478 e. The zero-order valence-corrected chi connectivity index (χ0v) is 9.02. The Labute approximate surface area is 89.4 Å². The topological polar surface area (TPSA) is 86.1 Å². The van der Waals surface area contributed by atoms with Crippen molar-refractivity contribution >= 4 is 5.97 Å². The lowest BCUT2D eigenvalue weighted by Crippen LogP contribution is -1.95. The Morgan fingerprint density at radius 1 is 1.40 bits per heavy atom. The van der Waals surface area contributed by atoms with Crippen molar-refractivity contribution in [3.05, 3.63) is 22.1 Å². The molecule has 0 aliphatic rings. The molecule has 0 aromatic rings. The summed E-state index contributed by atoms with van der Waals surface area (Å²) in [5.74, 6) is -0.849. The monoisotopic (exact) mass is 211 g/mol. The molecule has 0 spiro atoms. The van der Waals surface area contributed by atoms with Gasteiger partial charge >= 0.3 is 5.97 Å². The van der Waals surface area contributed by atoms with E-state index in [0.29, 0.717) is 12.1 Å². The maximum atomic E-state index is 10.4. The Balaban J connectivity index is 3.35. The summed E-state index contributed by atoms with van der Waals surface area (Å²) in [6.07, 6.45) is 6.52. The first-order chi connectivity index (χ1) is 7.18. The predicted octanol–water partition coefficient (Wildman–Crippen LogP) is 3.28. The molecule has 0 heterocycles. The maximum absolute atomic E-state index is 10.4. The summed E-state index contributed by atoms with van der Waals surface area (Å²) in [7, 11) is 0. The van der Waals surface area contributed by atoms with E-state index in [-0.39, 0.29) is 0 Å².